The second-order valence-electron chi connectivity index (χ2n) is 15.6. The van der Waals surface area contributed by atoms with E-state index in [9.17, 15) is 14.4 Å². The molecule has 0 unspecified atom stereocenters. The summed E-state index contributed by atoms with van der Waals surface area (Å²) in [6, 6.07) is 11.1. The van der Waals surface area contributed by atoms with Crippen molar-refractivity contribution in [3.63, 3.8) is 0 Å². The molecule has 11 nitrogen and oxygen atoms in total. The number of pyridine rings is 1. The van der Waals surface area contributed by atoms with Crippen molar-refractivity contribution in [1.82, 2.24) is 19.7 Å². The number of carbonyl (C=O) groups is 3. The fraction of sp³-hybridized carbons (Fsp3) is 0.611. The van der Waals surface area contributed by atoms with Gasteiger partial charge in [-0.25, -0.2) is 19.4 Å². The van der Waals surface area contributed by atoms with Gasteiger partial charge in [0.05, 0.1) is 0 Å². The van der Waals surface area contributed by atoms with E-state index < -0.39 is 29.0 Å². The zero-order valence-corrected chi connectivity index (χ0v) is 31.2. The zero-order chi connectivity index (χ0) is 36.0. The fourth-order valence-corrected chi connectivity index (χ4v) is 5.56. The third-order valence-electron chi connectivity index (χ3n) is 7.41. The maximum Gasteiger partial charge on any atom is 0.413 e. The van der Waals surface area contributed by atoms with Gasteiger partial charge < -0.3 is 24.0 Å². The Balaban J connectivity index is 1.82. The second-order valence-corrected chi connectivity index (χ2v) is 16.0. The van der Waals surface area contributed by atoms with Crippen LogP contribution in [0.5, 0.6) is 0 Å². The van der Waals surface area contributed by atoms with Crippen LogP contribution in [0.25, 0.3) is 0 Å². The second kappa shape index (κ2) is 15.8. The highest BCUT2D eigenvalue weighted by Crippen LogP contribution is 2.28. The summed E-state index contributed by atoms with van der Waals surface area (Å²) in [6.07, 6.45) is -0.794. The van der Waals surface area contributed by atoms with Gasteiger partial charge in [0.25, 0.3) is 0 Å². The lowest BCUT2D eigenvalue weighted by atomic mass is 9.96. The van der Waals surface area contributed by atoms with E-state index in [1.807, 2.05) is 73.7 Å². The summed E-state index contributed by atoms with van der Waals surface area (Å²) in [5.41, 5.74) is 0.735. The molecule has 12 heteroatoms. The van der Waals surface area contributed by atoms with Crippen LogP contribution in [0.15, 0.2) is 36.4 Å². The standard InChI is InChI=1S/C36H54ClN5O6/c1-24-18-28(38-30(19-24)39-31(43)46-34(2,3)4)20-26-22-42(33(45)48-36(8,9)10)23-29(26)40(11)16-17-41(32(44)47-35(5,6)7)21-25-12-14-27(37)15-13-25/h12-15,18-19,26,29H,16-17,20-23H2,1-11H3,(H,38,39,43)/t26-,29+/m1/s1. The average Bonchev–Trinajstić information content (AvgIpc) is 3.32. The number of amides is 3. The van der Waals surface area contributed by atoms with Gasteiger partial charge >= 0.3 is 18.3 Å². The molecule has 1 aromatic heterocycles. The van der Waals surface area contributed by atoms with E-state index in [0.29, 0.717) is 50.0 Å². The van der Waals surface area contributed by atoms with Gasteiger partial charge in [0, 0.05) is 49.5 Å². The minimum absolute atomic E-state index is 0.00237. The molecule has 2 atom stereocenters. The van der Waals surface area contributed by atoms with Crippen molar-refractivity contribution in [3.8, 4) is 0 Å². The Labute approximate surface area is 291 Å². The molecule has 1 fully saturated rings. The van der Waals surface area contributed by atoms with Gasteiger partial charge in [-0.15, -0.1) is 0 Å². The number of rotatable bonds is 9. The van der Waals surface area contributed by atoms with Gasteiger partial charge in [-0.1, -0.05) is 23.7 Å². The number of likely N-dealkylation sites (tertiary alicyclic amines) is 1. The minimum Gasteiger partial charge on any atom is -0.444 e. The molecular weight excluding hydrogens is 634 g/mol. The van der Waals surface area contributed by atoms with Crippen molar-refractivity contribution >= 4 is 35.7 Å². The van der Waals surface area contributed by atoms with Crippen LogP contribution in [0.1, 0.15) is 79.1 Å². The summed E-state index contributed by atoms with van der Waals surface area (Å²) in [4.78, 5) is 49.3. The van der Waals surface area contributed by atoms with E-state index in [1.54, 1.807) is 48.8 Å². The first-order chi connectivity index (χ1) is 22.1. The van der Waals surface area contributed by atoms with Crippen LogP contribution in [0.2, 0.25) is 5.02 Å². The molecule has 0 radical (unpaired) electrons. The Kier molecular flexibility index (Phi) is 12.8. The Hall–Kier alpha value is -3.57. The number of likely N-dealkylation sites (N-methyl/N-ethyl adjacent to an activating group) is 1. The number of aromatic nitrogens is 1. The normalized spacial score (nSPS) is 16.9. The molecule has 3 rings (SSSR count). The highest BCUT2D eigenvalue weighted by atomic mass is 35.5. The monoisotopic (exact) mass is 687 g/mol. The summed E-state index contributed by atoms with van der Waals surface area (Å²) in [6.45, 7) is 20.7. The molecule has 266 valence electrons. The highest BCUT2D eigenvalue weighted by molar-refractivity contribution is 6.30. The molecule has 3 amide bonds. The first-order valence-corrected chi connectivity index (χ1v) is 16.8. The molecule has 1 aliphatic rings. The third-order valence-corrected chi connectivity index (χ3v) is 7.66. The van der Waals surface area contributed by atoms with E-state index >= 15 is 0 Å². The molecule has 0 bridgehead atoms. The summed E-state index contributed by atoms with van der Waals surface area (Å²) in [5, 5.41) is 3.37. The van der Waals surface area contributed by atoms with E-state index in [0.717, 1.165) is 16.8 Å². The number of carbonyl (C=O) groups excluding carboxylic acids is 3. The number of halogens is 1. The number of benzene rings is 1. The van der Waals surface area contributed by atoms with Gasteiger partial charge in [0.1, 0.15) is 22.6 Å². The molecule has 1 aromatic carbocycles. The number of nitrogens with zero attached hydrogens (tertiary/aromatic N) is 4. The van der Waals surface area contributed by atoms with Crippen LogP contribution in [-0.2, 0) is 27.2 Å². The molecular formula is C36H54ClN5O6. The van der Waals surface area contributed by atoms with Gasteiger partial charge in [-0.3, -0.25) is 10.2 Å². The summed E-state index contributed by atoms with van der Waals surface area (Å²) < 4.78 is 16.9. The van der Waals surface area contributed by atoms with Crippen molar-refractivity contribution in [2.45, 2.75) is 105 Å². The maximum atomic E-state index is 13.3. The predicted molar refractivity (Wildman–Crippen MR) is 188 cm³/mol. The lowest BCUT2D eigenvalue weighted by Gasteiger charge is -2.32. The molecule has 0 aliphatic carbocycles. The first-order valence-electron chi connectivity index (χ1n) is 16.4. The van der Waals surface area contributed by atoms with Crippen LogP contribution in [0.3, 0.4) is 0 Å². The largest absolute Gasteiger partial charge is 0.444 e. The molecule has 1 aliphatic heterocycles. The predicted octanol–water partition coefficient (Wildman–Crippen LogP) is 7.54. The van der Waals surface area contributed by atoms with Crippen LogP contribution >= 0.6 is 11.6 Å². The lowest BCUT2D eigenvalue weighted by molar-refractivity contribution is 0.0208. The SMILES string of the molecule is Cc1cc(C[C@@H]2CN(C(=O)OC(C)(C)C)C[C@@H]2N(C)CCN(Cc2ccc(Cl)cc2)C(=O)OC(C)(C)C)nc(NC(=O)OC(C)(C)C)c1. The molecule has 2 aromatic rings. The van der Waals surface area contributed by atoms with E-state index in [2.05, 4.69) is 10.2 Å². The third kappa shape index (κ3) is 13.1. The van der Waals surface area contributed by atoms with Crippen LogP contribution in [0, 0.1) is 12.8 Å². The smallest absolute Gasteiger partial charge is 0.413 e. The van der Waals surface area contributed by atoms with Crippen molar-refractivity contribution < 1.29 is 28.6 Å². The number of nitrogens with one attached hydrogen (secondary N) is 1. The highest BCUT2D eigenvalue weighted by Gasteiger charge is 2.39. The Morgan fingerprint density at radius 1 is 0.896 bits per heavy atom. The van der Waals surface area contributed by atoms with Gasteiger partial charge in [-0.05, 0) is 124 Å². The molecule has 2 heterocycles. The molecule has 1 N–H and O–H groups in total. The Morgan fingerprint density at radius 3 is 2.08 bits per heavy atom. The quantitative estimate of drug-likeness (QED) is 0.269. The van der Waals surface area contributed by atoms with Crippen LogP contribution in [-0.4, -0.2) is 94.0 Å². The van der Waals surface area contributed by atoms with Gasteiger partial charge in [0.2, 0.25) is 0 Å². The molecule has 0 saturated carbocycles. The van der Waals surface area contributed by atoms with Crippen molar-refractivity contribution in [3.05, 3.63) is 58.2 Å². The van der Waals surface area contributed by atoms with Crippen molar-refractivity contribution in [2.75, 3.05) is 38.5 Å². The van der Waals surface area contributed by atoms with Crippen molar-refractivity contribution in [2.24, 2.45) is 5.92 Å². The number of aryl methyl sites for hydroxylation is 1. The van der Waals surface area contributed by atoms with Crippen LogP contribution in [0.4, 0.5) is 20.2 Å². The first kappa shape index (κ1) is 38.9. The van der Waals surface area contributed by atoms with E-state index in [1.165, 1.54) is 0 Å². The molecule has 0 spiro atoms. The topological polar surface area (TPSA) is 114 Å². The lowest BCUT2D eigenvalue weighted by Crippen LogP contribution is -2.45. The number of hydrogen-bond acceptors (Lipinski definition) is 8. The van der Waals surface area contributed by atoms with Crippen LogP contribution < -0.4 is 5.32 Å². The zero-order valence-electron chi connectivity index (χ0n) is 30.5. The fourth-order valence-electron chi connectivity index (χ4n) is 5.43. The summed E-state index contributed by atoms with van der Waals surface area (Å²) in [7, 11) is 2.00. The Morgan fingerprint density at radius 2 is 1.50 bits per heavy atom. The van der Waals surface area contributed by atoms with Gasteiger partial charge in [-0.2, -0.15) is 0 Å². The van der Waals surface area contributed by atoms with Gasteiger partial charge in [0.15, 0.2) is 0 Å². The number of hydrogen-bond donors (Lipinski definition) is 1. The number of anilines is 1. The van der Waals surface area contributed by atoms with E-state index in [4.69, 9.17) is 30.8 Å². The maximum absolute atomic E-state index is 13.3. The molecule has 48 heavy (non-hydrogen) atoms. The molecule has 1 saturated heterocycles. The number of ether oxygens (including phenoxy) is 3. The Bertz CT molecular complexity index is 1410. The summed E-state index contributed by atoms with van der Waals surface area (Å²) in [5.74, 6) is 0.402. The minimum atomic E-state index is -0.649. The average molecular weight is 688 g/mol. The van der Waals surface area contributed by atoms with Crippen molar-refractivity contribution in [1.29, 1.82) is 0 Å². The summed E-state index contributed by atoms with van der Waals surface area (Å²) >= 11 is 6.10. The van der Waals surface area contributed by atoms with E-state index in [-0.39, 0.29) is 18.1 Å².